The zero-order valence-corrected chi connectivity index (χ0v) is 9.05. The van der Waals surface area contributed by atoms with E-state index in [2.05, 4.69) is 10.3 Å². The van der Waals surface area contributed by atoms with Gasteiger partial charge in [0.2, 0.25) is 0 Å². The lowest BCUT2D eigenvalue weighted by Crippen LogP contribution is -2.22. The van der Waals surface area contributed by atoms with Crippen molar-refractivity contribution in [1.29, 1.82) is 0 Å². The van der Waals surface area contributed by atoms with Gasteiger partial charge < -0.3 is 9.88 Å². The third-order valence-electron chi connectivity index (χ3n) is 2.29. The second kappa shape index (κ2) is 4.61. The van der Waals surface area contributed by atoms with Crippen LogP contribution >= 0.6 is 0 Å². The molecule has 2 heterocycles. The molecule has 0 aromatic carbocycles. The minimum absolute atomic E-state index is 0.0775. The van der Waals surface area contributed by atoms with Crippen LogP contribution in [0.4, 0.5) is 0 Å². The summed E-state index contributed by atoms with van der Waals surface area (Å²) in [7, 11) is 1.95. The van der Waals surface area contributed by atoms with Gasteiger partial charge in [-0.25, -0.2) is 0 Å². The van der Waals surface area contributed by atoms with Crippen molar-refractivity contribution in [3.8, 4) is 0 Å². The van der Waals surface area contributed by atoms with Crippen LogP contribution in [0.5, 0.6) is 0 Å². The number of carbonyl (C=O) groups excluding carboxylic acids is 1. The molecule has 16 heavy (non-hydrogen) atoms. The topological polar surface area (TPSA) is 46.9 Å². The van der Waals surface area contributed by atoms with E-state index in [-0.39, 0.29) is 5.91 Å². The van der Waals surface area contributed by atoms with Gasteiger partial charge in [-0.05, 0) is 23.8 Å². The standard InChI is InChI=1S/C12H13N3O/c1-15-7-4-10(9-15)8-14-12(16)11-2-5-13-6-3-11/h2-7,9H,8H2,1H3,(H,14,16). The number of pyridine rings is 1. The van der Waals surface area contributed by atoms with Crippen molar-refractivity contribution in [2.75, 3.05) is 0 Å². The highest BCUT2D eigenvalue weighted by molar-refractivity contribution is 5.93. The fourth-order valence-electron chi connectivity index (χ4n) is 1.45. The number of aryl methyl sites for hydroxylation is 1. The van der Waals surface area contributed by atoms with E-state index in [9.17, 15) is 4.79 Å². The van der Waals surface area contributed by atoms with Crippen molar-refractivity contribution in [2.45, 2.75) is 6.54 Å². The van der Waals surface area contributed by atoms with E-state index in [4.69, 9.17) is 0 Å². The normalized spacial score (nSPS) is 10.1. The maximum atomic E-state index is 11.7. The number of nitrogens with one attached hydrogen (secondary N) is 1. The van der Waals surface area contributed by atoms with E-state index in [0.717, 1.165) is 5.56 Å². The Morgan fingerprint density at radius 1 is 1.38 bits per heavy atom. The monoisotopic (exact) mass is 215 g/mol. The predicted octanol–water partition coefficient (Wildman–Crippen LogP) is 1.35. The van der Waals surface area contributed by atoms with Crippen molar-refractivity contribution in [1.82, 2.24) is 14.9 Å². The van der Waals surface area contributed by atoms with Crippen LogP contribution in [-0.2, 0) is 13.6 Å². The Labute approximate surface area is 93.9 Å². The molecule has 0 spiro atoms. The van der Waals surface area contributed by atoms with E-state index >= 15 is 0 Å². The number of aromatic nitrogens is 2. The highest BCUT2D eigenvalue weighted by Crippen LogP contribution is 2.00. The summed E-state index contributed by atoms with van der Waals surface area (Å²) in [5, 5.41) is 2.85. The molecule has 82 valence electrons. The molecule has 2 rings (SSSR count). The minimum Gasteiger partial charge on any atom is -0.357 e. The van der Waals surface area contributed by atoms with Crippen molar-refractivity contribution >= 4 is 5.91 Å². The second-order valence-electron chi connectivity index (χ2n) is 3.60. The lowest BCUT2D eigenvalue weighted by Gasteiger charge is -2.02. The molecule has 0 aliphatic heterocycles. The van der Waals surface area contributed by atoms with E-state index in [1.165, 1.54) is 0 Å². The van der Waals surface area contributed by atoms with E-state index in [1.807, 2.05) is 30.1 Å². The van der Waals surface area contributed by atoms with Crippen LogP contribution in [0.25, 0.3) is 0 Å². The Bertz CT molecular complexity index is 476. The fourth-order valence-corrected chi connectivity index (χ4v) is 1.45. The minimum atomic E-state index is -0.0775. The van der Waals surface area contributed by atoms with Crippen LogP contribution in [0.2, 0.25) is 0 Å². The van der Waals surface area contributed by atoms with Gasteiger partial charge in [0.25, 0.3) is 5.91 Å². The molecule has 4 nitrogen and oxygen atoms in total. The lowest BCUT2D eigenvalue weighted by molar-refractivity contribution is 0.0951. The third-order valence-corrected chi connectivity index (χ3v) is 2.29. The highest BCUT2D eigenvalue weighted by atomic mass is 16.1. The molecule has 0 aliphatic rings. The first-order valence-corrected chi connectivity index (χ1v) is 5.05. The average Bonchev–Trinajstić information content (AvgIpc) is 2.73. The first-order chi connectivity index (χ1) is 7.75. The van der Waals surface area contributed by atoms with Gasteiger partial charge in [-0.2, -0.15) is 0 Å². The molecule has 0 radical (unpaired) electrons. The van der Waals surface area contributed by atoms with Crippen LogP contribution < -0.4 is 5.32 Å². The van der Waals surface area contributed by atoms with E-state index in [0.29, 0.717) is 12.1 Å². The maximum Gasteiger partial charge on any atom is 0.251 e. The molecule has 0 atom stereocenters. The van der Waals surface area contributed by atoms with Crippen molar-refractivity contribution < 1.29 is 4.79 Å². The van der Waals surface area contributed by atoms with E-state index in [1.54, 1.807) is 24.5 Å². The maximum absolute atomic E-state index is 11.7. The van der Waals surface area contributed by atoms with Crippen LogP contribution in [0.3, 0.4) is 0 Å². The lowest BCUT2D eigenvalue weighted by atomic mass is 10.2. The second-order valence-corrected chi connectivity index (χ2v) is 3.60. The Kier molecular flexibility index (Phi) is 3.00. The molecule has 2 aromatic heterocycles. The summed E-state index contributed by atoms with van der Waals surface area (Å²) < 4.78 is 1.95. The largest absolute Gasteiger partial charge is 0.357 e. The molecule has 0 bridgehead atoms. The first-order valence-electron chi connectivity index (χ1n) is 5.05. The Hall–Kier alpha value is -2.10. The van der Waals surface area contributed by atoms with Gasteiger partial charge in [0, 0.05) is 43.9 Å². The van der Waals surface area contributed by atoms with Gasteiger partial charge in [-0.3, -0.25) is 9.78 Å². The fraction of sp³-hybridized carbons (Fsp3) is 0.167. The van der Waals surface area contributed by atoms with Crippen LogP contribution in [-0.4, -0.2) is 15.5 Å². The van der Waals surface area contributed by atoms with Crippen molar-refractivity contribution in [2.24, 2.45) is 7.05 Å². The molecular formula is C12H13N3O. The number of hydrogen-bond acceptors (Lipinski definition) is 2. The zero-order chi connectivity index (χ0) is 11.4. The summed E-state index contributed by atoms with van der Waals surface area (Å²) in [4.78, 5) is 15.5. The molecule has 0 saturated heterocycles. The van der Waals surface area contributed by atoms with Gasteiger partial charge in [0.1, 0.15) is 0 Å². The average molecular weight is 215 g/mol. The number of nitrogens with zero attached hydrogens (tertiary/aromatic N) is 2. The molecule has 0 fully saturated rings. The summed E-state index contributed by atoms with van der Waals surface area (Å²) in [6, 6.07) is 5.37. The Balaban J connectivity index is 1.94. The molecule has 1 N–H and O–H groups in total. The molecule has 1 amide bonds. The van der Waals surface area contributed by atoms with Gasteiger partial charge in [0.15, 0.2) is 0 Å². The summed E-state index contributed by atoms with van der Waals surface area (Å²) in [5.41, 5.74) is 1.72. The number of amides is 1. The van der Waals surface area contributed by atoms with Gasteiger partial charge in [-0.1, -0.05) is 0 Å². The van der Waals surface area contributed by atoms with E-state index < -0.39 is 0 Å². The number of hydrogen-bond donors (Lipinski definition) is 1. The van der Waals surface area contributed by atoms with Gasteiger partial charge >= 0.3 is 0 Å². The molecular weight excluding hydrogens is 202 g/mol. The summed E-state index contributed by atoms with van der Waals surface area (Å²) in [6.45, 7) is 0.544. The molecule has 0 aliphatic carbocycles. The summed E-state index contributed by atoms with van der Waals surface area (Å²) in [6.07, 6.45) is 7.15. The summed E-state index contributed by atoms with van der Waals surface area (Å²) in [5.74, 6) is -0.0775. The van der Waals surface area contributed by atoms with Crippen LogP contribution in [0.15, 0.2) is 43.0 Å². The van der Waals surface area contributed by atoms with Crippen LogP contribution in [0, 0.1) is 0 Å². The van der Waals surface area contributed by atoms with Gasteiger partial charge in [-0.15, -0.1) is 0 Å². The number of carbonyl (C=O) groups is 1. The predicted molar refractivity (Wildman–Crippen MR) is 60.8 cm³/mol. The SMILES string of the molecule is Cn1ccc(CNC(=O)c2ccncc2)c1. The van der Waals surface area contributed by atoms with Crippen LogP contribution in [0.1, 0.15) is 15.9 Å². The van der Waals surface area contributed by atoms with Gasteiger partial charge in [0.05, 0.1) is 0 Å². The van der Waals surface area contributed by atoms with Crippen molar-refractivity contribution in [3.05, 3.63) is 54.1 Å². The molecule has 2 aromatic rings. The highest BCUT2D eigenvalue weighted by Gasteiger charge is 2.04. The van der Waals surface area contributed by atoms with Crippen molar-refractivity contribution in [3.63, 3.8) is 0 Å². The number of rotatable bonds is 3. The smallest absolute Gasteiger partial charge is 0.251 e. The zero-order valence-electron chi connectivity index (χ0n) is 9.05. The third kappa shape index (κ3) is 2.48. The molecule has 0 unspecified atom stereocenters. The Morgan fingerprint density at radius 2 is 2.12 bits per heavy atom. The first kappa shape index (κ1) is 10.4. The Morgan fingerprint density at radius 3 is 2.75 bits per heavy atom. The quantitative estimate of drug-likeness (QED) is 0.840. The molecule has 0 saturated carbocycles. The summed E-state index contributed by atoms with van der Waals surface area (Å²) >= 11 is 0. The molecule has 4 heteroatoms.